The molecule has 4 aromatic rings. The van der Waals surface area contributed by atoms with E-state index in [1.165, 1.54) is 29.5 Å². The van der Waals surface area contributed by atoms with Crippen LogP contribution in [0.2, 0.25) is 0 Å². The first-order chi connectivity index (χ1) is 16.0. The van der Waals surface area contributed by atoms with E-state index in [2.05, 4.69) is 5.10 Å². The Morgan fingerprint density at radius 2 is 2.12 bits per heavy atom. The largest absolute Gasteiger partial charge is 0.492 e. The van der Waals surface area contributed by atoms with E-state index in [0.717, 1.165) is 4.70 Å². The number of non-ortho nitro benzene ring substituents is 1. The number of amides is 1. The Kier molecular flexibility index (Phi) is 6.75. The number of carbonyl (C=O) groups is 1. The third-order valence-corrected chi connectivity index (χ3v) is 5.82. The molecule has 4 rings (SSSR count). The van der Waals surface area contributed by atoms with Crippen molar-refractivity contribution in [2.45, 2.75) is 13.5 Å². The highest BCUT2D eigenvalue weighted by Gasteiger charge is 2.19. The van der Waals surface area contributed by atoms with Gasteiger partial charge in [0, 0.05) is 37.1 Å². The molecule has 0 fully saturated rings. The van der Waals surface area contributed by atoms with Crippen LogP contribution in [0, 0.1) is 10.1 Å². The molecule has 0 atom stereocenters. The molecule has 0 unspecified atom stereocenters. The van der Waals surface area contributed by atoms with E-state index in [0.29, 0.717) is 41.7 Å². The highest BCUT2D eigenvalue weighted by atomic mass is 32.1. The fraction of sp³-hybridized carbons (Fsp3) is 0.174. The highest BCUT2D eigenvalue weighted by molar-refractivity contribution is 7.22. The Balaban J connectivity index is 1.64. The number of hydrogen-bond acceptors (Lipinski definition) is 7. The lowest BCUT2D eigenvalue weighted by Crippen LogP contribution is -2.32. The Morgan fingerprint density at radius 3 is 2.88 bits per heavy atom. The zero-order chi connectivity index (χ0) is 23.2. The molecule has 0 bridgehead atoms. The number of anilines is 1. The molecule has 0 spiro atoms. The average Bonchev–Trinajstić information content (AvgIpc) is 3.49. The van der Waals surface area contributed by atoms with Crippen molar-refractivity contribution in [1.29, 1.82) is 0 Å². The van der Waals surface area contributed by atoms with Crippen molar-refractivity contribution < 1.29 is 14.5 Å². The minimum Gasteiger partial charge on any atom is -0.492 e. The van der Waals surface area contributed by atoms with Crippen LogP contribution in [0.25, 0.3) is 16.3 Å². The number of fused-ring (bicyclic) bond motifs is 1. The molecule has 168 valence electrons. The predicted molar refractivity (Wildman–Crippen MR) is 127 cm³/mol. The zero-order valence-electron chi connectivity index (χ0n) is 17.8. The highest BCUT2D eigenvalue weighted by Crippen LogP contribution is 2.34. The Labute approximate surface area is 193 Å². The number of nitro groups is 1. The number of para-hydroxylation sites is 1. The van der Waals surface area contributed by atoms with Crippen molar-refractivity contribution in [3.8, 4) is 5.75 Å². The number of ether oxygens (including phenoxy) is 1. The number of hydrogen-bond donors (Lipinski definition) is 0. The summed E-state index contributed by atoms with van der Waals surface area (Å²) in [4.78, 5) is 30.0. The standard InChI is InChI=1S/C23H21N5O4S/c1-2-32-19-8-4-9-20-22(19)25-23(33-20)27(15-14-26-13-5-12-24-26)21(29)11-10-17-6-3-7-18(16-17)28(30)31/h3-13,16H,2,14-15H2,1H3/b11-10+. The summed E-state index contributed by atoms with van der Waals surface area (Å²) in [6, 6.07) is 13.6. The summed E-state index contributed by atoms with van der Waals surface area (Å²) in [6.07, 6.45) is 6.47. The first-order valence-electron chi connectivity index (χ1n) is 10.3. The molecule has 2 aromatic carbocycles. The van der Waals surface area contributed by atoms with Crippen molar-refractivity contribution in [2.75, 3.05) is 18.1 Å². The molecule has 0 saturated carbocycles. The van der Waals surface area contributed by atoms with E-state index >= 15 is 0 Å². The molecule has 2 aromatic heterocycles. The average molecular weight is 464 g/mol. The molecule has 0 radical (unpaired) electrons. The summed E-state index contributed by atoms with van der Waals surface area (Å²) >= 11 is 1.40. The van der Waals surface area contributed by atoms with Crippen LogP contribution >= 0.6 is 11.3 Å². The second kappa shape index (κ2) is 10.0. The molecule has 10 heteroatoms. The molecule has 9 nitrogen and oxygen atoms in total. The molecule has 33 heavy (non-hydrogen) atoms. The maximum atomic E-state index is 13.2. The molecule has 0 aliphatic carbocycles. The fourth-order valence-corrected chi connectivity index (χ4v) is 4.25. The summed E-state index contributed by atoms with van der Waals surface area (Å²) in [5.41, 5.74) is 1.24. The van der Waals surface area contributed by atoms with E-state index in [1.807, 2.05) is 37.4 Å². The maximum absolute atomic E-state index is 13.2. The Bertz CT molecular complexity index is 1300. The number of rotatable bonds is 9. The van der Waals surface area contributed by atoms with Gasteiger partial charge in [-0.15, -0.1) is 0 Å². The van der Waals surface area contributed by atoms with Gasteiger partial charge in [-0.3, -0.25) is 24.5 Å². The van der Waals surface area contributed by atoms with Crippen LogP contribution in [0.4, 0.5) is 10.8 Å². The Hall–Kier alpha value is -4.05. The maximum Gasteiger partial charge on any atom is 0.270 e. The van der Waals surface area contributed by atoms with E-state index in [4.69, 9.17) is 9.72 Å². The molecule has 0 aliphatic rings. The lowest BCUT2D eigenvalue weighted by molar-refractivity contribution is -0.384. The molecule has 0 N–H and O–H groups in total. The first kappa shape index (κ1) is 22.2. The van der Waals surface area contributed by atoms with Gasteiger partial charge < -0.3 is 4.74 Å². The topological polar surface area (TPSA) is 103 Å². The second-order valence-corrected chi connectivity index (χ2v) is 7.99. The van der Waals surface area contributed by atoms with E-state index < -0.39 is 4.92 Å². The third-order valence-electron chi connectivity index (χ3n) is 4.78. The van der Waals surface area contributed by atoms with Crippen molar-refractivity contribution in [1.82, 2.24) is 14.8 Å². The normalized spacial score (nSPS) is 11.2. The third kappa shape index (κ3) is 5.24. The van der Waals surface area contributed by atoms with Gasteiger partial charge in [-0.1, -0.05) is 29.5 Å². The van der Waals surface area contributed by atoms with Gasteiger partial charge in [-0.2, -0.15) is 5.10 Å². The van der Waals surface area contributed by atoms with E-state index in [9.17, 15) is 14.9 Å². The van der Waals surface area contributed by atoms with Crippen molar-refractivity contribution in [3.63, 3.8) is 0 Å². The van der Waals surface area contributed by atoms with Crippen LogP contribution in [0.3, 0.4) is 0 Å². The fourth-order valence-electron chi connectivity index (χ4n) is 3.23. The minimum atomic E-state index is -0.466. The molecule has 0 saturated heterocycles. The van der Waals surface area contributed by atoms with Gasteiger partial charge in [-0.25, -0.2) is 4.98 Å². The van der Waals surface area contributed by atoms with Crippen LogP contribution in [0.15, 0.2) is 67.0 Å². The van der Waals surface area contributed by atoms with Gasteiger partial charge in [-0.05, 0) is 36.8 Å². The monoisotopic (exact) mass is 463 g/mol. The van der Waals surface area contributed by atoms with Gasteiger partial charge in [0.25, 0.3) is 11.6 Å². The molecular weight excluding hydrogens is 442 g/mol. The van der Waals surface area contributed by atoms with E-state index in [-0.39, 0.29) is 11.6 Å². The quantitative estimate of drug-likeness (QED) is 0.205. The molecule has 1 amide bonds. The number of aromatic nitrogens is 3. The molecule has 2 heterocycles. The van der Waals surface area contributed by atoms with Gasteiger partial charge in [0.05, 0.1) is 22.8 Å². The SMILES string of the molecule is CCOc1cccc2sc(N(CCn3cccn3)C(=O)/C=C/c3cccc([N+](=O)[O-])c3)nc12. The van der Waals surface area contributed by atoms with Gasteiger partial charge in [0.1, 0.15) is 11.3 Å². The van der Waals surface area contributed by atoms with Crippen LogP contribution < -0.4 is 9.64 Å². The number of nitrogens with zero attached hydrogens (tertiary/aromatic N) is 5. The van der Waals surface area contributed by atoms with E-state index in [1.54, 1.807) is 34.0 Å². The number of thiazole rings is 1. The van der Waals surface area contributed by atoms with Crippen LogP contribution in [-0.2, 0) is 11.3 Å². The van der Waals surface area contributed by atoms with Crippen LogP contribution in [0.5, 0.6) is 5.75 Å². The summed E-state index contributed by atoms with van der Waals surface area (Å²) < 4.78 is 8.34. The lowest BCUT2D eigenvalue weighted by atomic mass is 10.2. The van der Waals surface area contributed by atoms with Gasteiger partial charge in [0.2, 0.25) is 0 Å². The summed E-state index contributed by atoms with van der Waals surface area (Å²) in [5.74, 6) is 0.384. The minimum absolute atomic E-state index is 0.0326. The summed E-state index contributed by atoms with van der Waals surface area (Å²) in [5, 5.41) is 15.8. The number of benzene rings is 2. The smallest absolute Gasteiger partial charge is 0.270 e. The number of nitro benzene ring substituents is 1. The summed E-state index contributed by atoms with van der Waals surface area (Å²) in [6.45, 7) is 3.26. The lowest BCUT2D eigenvalue weighted by Gasteiger charge is -2.18. The second-order valence-electron chi connectivity index (χ2n) is 6.98. The van der Waals surface area contributed by atoms with Gasteiger partial charge in [0.15, 0.2) is 5.13 Å². The first-order valence-corrected chi connectivity index (χ1v) is 11.1. The van der Waals surface area contributed by atoms with Crippen molar-refractivity contribution in [2.24, 2.45) is 0 Å². The number of carbonyl (C=O) groups excluding carboxylic acids is 1. The molecular formula is C23H21N5O4S. The van der Waals surface area contributed by atoms with Crippen molar-refractivity contribution >= 4 is 44.4 Å². The van der Waals surface area contributed by atoms with Crippen LogP contribution in [-0.4, -0.2) is 38.7 Å². The summed E-state index contributed by atoms with van der Waals surface area (Å²) in [7, 11) is 0. The van der Waals surface area contributed by atoms with Crippen LogP contribution in [0.1, 0.15) is 12.5 Å². The zero-order valence-corrected chi connectivity index (χ0v) is 18.6. The van der Waals surface area contributed by atoms with Gasteiger partial charge >= 0.3 is 0 Å². The molecule has 0 aliphatic heterocycles. The Morgan fingerprint density at radius 1 is 1.27 bits per heavy atom. The van der Waals surface area contributed by atoms with Crippen molar-refractivity contribution in [3.05, 3.63) is 82.7 Å². The predicted octanol–water partition coefficient (Wildman–Crippen LogP) is 4.55.